The highest BCUT2D eigenvalue weighted by Gasteiger charge is 2.21. The van der Waals surface area contributed by atoms with E-state index in [9.17, 15) is 4.79 Å². The summed E-state index contributed by atoms with van der Waals surface area (Å²) < 4.78 is 1.87. The maximum absolute atomic E-state index is 12.9. The number of hydrogen-bond acceptors (Lipinski definition) is 3. The Morgan fingerprint density at radius 1 is 1.12 bits per heavy atom. The predicted octanol–water partition coefficient (Wildman–Crippen LogP) is 3.82. The Kier molecular flexibility index (Phi) is 5.46. The molecule has 0 aliphatic heterocycles. The van der Waals surface area contributed by atoms with Crippen LogP contribution in [0.15, 0.2) is 55.0 Å². The topological polar surface area (TPSA) is 59.8 Å². The van der Waals surface area contributed by atoms with E-state index in [0.717, 1.165) is 29.8 Å². The third-order valence-electron chi connectivity index (χ3n) is 4.49. The van der Waals surface area contributed by atoms with E-state index in [0.29, 0.717) is 5.56 Å². The molecule has 5 nitrogen and oxygen atoms in total. The minimum atomic E-state index is -0.259. The molecule has 3 rings (SSSR count). The van der Waals surface area contributed by atoms with Gasteiger partial charge in [0.05, 0.1) is 17.8 Å². The molecule has 0 fully saturated rings. The molecule has 1 aromatic carbocycles. The molecule has 0 saturated carbocycles. The van der Waals surface area contributed by atoms with Gasteiger partial charge in [0.2, 0.25) is 0 Å². The molecule has 2 aromatic heterocycles. The summed E-state index contributed by atoms with van der Waals surface area (Å²) in [6, 6.07) is 11.8. The molecule has 1 atom stereocenters. The lowest BCUT2D eigenvalue weighted by Crippen LogP contribution is -2.29. The lowest BCUT2D eigenvalue weighted by atomic mass is 9.98. The highest BCUT2D eigenvalue weighted by Crippen LogP contribution is 2.23. The average Bonchev–Trinajstić information content (AvgIpc) is 3.02. The number of aryl methyl sites for hydroxylation is 2. The average molecular weight is 348 g/mol. The van der Waals surface area contributed by atoms with Gasteiger partial charge >= 0.3 is 0 Å². The number of benzene rings is 1. The number of rotatable bonds is 6. The van der Waals surface area contributed by atoms with Crippen LogP contribution in [0.25, 0.3) is 0 Å². The van der Waals surface area contributed by atoms with Gasteiger partial charge < -0.3 is 5.32 Å². The molecule has 5 heteroatoms. The van der Waals surface area contributed by atoms with Crippen LogP contribution in [0, 0.1) is 13.8 Å². The van der Waals surface area contributed by atoms with Crippen molar-refractivity contribution >= 4 is 5.91 Å². The highest BCUT2D eigenvalue weighted by atomic mass is 16.1. The molecular weight excluding hydrogens is 324 g/mol. The van der Waals surface area contributed by atoms with Crippen molar-refractivity contribution in [3.8, 4) is 0 Å². The van der Waals surface area contributed by atoms with Crippen molar-refractivity contribution in [2.45, 2.75) is 39.8 Å². The smallest absolute Gasteiger partial charge is 0.255 e. The third-order valence-corrected chi connectivity index (χ3v) is 4.49. The summed E-state index contributed by atoms with van der Waals surface area (Å²) >= 11 is 0. The highest BCUT2D eigenvalue weighted by molar-refractivity contribution is 5.95. The Labute approximate surface area is 154 Å². The number of nitrogens with one attached hydrogen (secondary N) is 1. The molecule has 1 amide bonds. The molecule has 2 heterocycles. The quantitative estimate of drug-likeness (QED) is 0.736. The van der Waals surface area contributed by atoms with Crippen molar-refractivity contribution in [2.75, 3.05) is 0 Å². The first-order valence-corrected chi connectivity index (χ1v) is 8.90. The van der Waals surface area contributed by atoms with Crippen LogP contribution in [0.2, 0.25) is 0 Å². The van der Waals surface area contributed by atoms with E-state index in [1.165, 1.54) is 5.56 Å². The summed E-state index contributed by atoms with van der Waals surface area (Å²) in [4.78, 5) is 17.1. The fourth-order valence-electron chi connectivity index (χ4n) is 2.98. The Morgan fingerprint density at radius 2 is 1.88 bits per heavy atom. The zero-order chi connectivity index (χ0) is 18.5. The van der Waals surface area contributed by atoms with Crippen molar-refractivity contribution in [1.82, 2.24) is 20.1 Å². The molecule has 26 heavy (non-hydrogen) atoms. The van der Waals surface area contributed by atoms with Crippen LogP contribution in [0.5, 0.6) is 0 Å². The molecule has 0 unspecified atom stereocenters. The lowest BCUT2D eigenvalue weighted by Gasteiger charge is -2.19. The minimum Gasteiger partial charge on any atom is -0.341 e. The van der Waals surface area contributed by atoms with Crippen molar-refractivity contribution in [2.24, 2.45) is 0 Å². The van der Waals surface area contributed by atoms with Gasteiger partial charge in [-0.15, -0.1) is 0 Å². The third kappa shape index (κ3) is 3.82. The summed E-state index contributed by atoms with van der Waals surface area (Å²) in [7, 11) is 0. The van der Waals surface area contributed by atoms with E-state index in [1.54, 1.807) is 18.6 Å². The summed E-state index contributed by atoms with van der Waals surface area (Å²) in [5.74, 6) is -0.126. The van der Waals surface area contributed by atoms with Gasteiger partial charge in [-0.3, -0.25) is 14.5 Å². The SMILES string of the molecule is CCCn1ncc(C(=O)N[C@H](c2ccc(C)cc2)c2cccnc2)c1C. The second-order valence-electron chi connectivity index (χ2n) is 6.47. The minimum absolute atomic E-state index is 0.126. The van der Waals surface area contributed by atoms with Gasteiger partial charge in [0, 0.05) is 24.6 Å². The molecule has 0 saturated heterocycles. The molecule has 0 aliphatic carbocycles. The summed E-state index contributed by atoms with van der Waals surface area (Å²) in [6.07, 6.45) is 6.15. The normalized spacial score (nSPS) is 12.0. The van der Waals surface area contributed by atoms with E-state index in [-0.39, 0.29) is 11.9 Å². The fourth-order valence-corrected chi connectivity index (χ4v) is 2.98. The summed E-state index contributed by atoms with van der Waals surface area (Å²) in [6.45, 7) is 6.88. The zero-order valence-corrected chi connectivity index (χ0v) is 15.4. The van der Waals surface area contributed by atoms with Gasteiger partial charge in [-0.1, -0.05) is 42.8 Å². The van der Waals surface area contributed by atoms with Crippen LogP contribution < -0.4 is 5.32 Å². The van der Waals surface area contributed by atoms with Crippen LogP contribution >= 0.6 is 0 Å². The van der Waals surface area contributed by atoms with Crippen LogP contribution in [0.1, 0.15) is 52.1 Å². The van der Waals surface area contributed by atoms with Crippen molar-refractivity contribution in [1.29, 1.82) is 0 Å². The van der Waals surface area contributed by atoms with Crippen LogP contribution in [0.4, 0.5) is 0 Å². The number of pyridine rings is 1. The van der Waals surface area contributed by atoms with E-state index in [1.807, 2.05) is 42.8 Å². The molecule has 0 bridgehead atoms. The standard InChI is InChI=1S/C21H24N4O/c1-4-12-25-16(3)19(14-23-25)21(26)24-20(18-6-5-11-22-13-18)17-9-7-15(2)8-10-17/h5-11,13-14,20H,4,12H2,1-3H3,(H,24,26)/t20-/m1/s1. The second-order valence-corrected chi connectivity index (χ2v) is 6.47. The maximum atomic E-state index is 12.9. The monoisotopic (exact) mass is 348 g/mol. The van der Waals surface area contributed by atoms with E-state index in [4.69, 9.17) is 0 Å². The molecule has 1 N–H and O–H groups in total. The Hall–Kier alpha value is -2.95. The fraction of sp³-hybridized carbons (Fsp3) is 0.286. The molecule has 0 radical (unpaired) electrons. The van der Waals surface area contributed by atoms with Gasteiger partial charge in [-0.25, -0.2) is 0 Å². The van der Waals surface area contributed by atoms with Gasteiger partial charge in [0.15, 0.2) is 0 Å². The molecule has 3 aromatic rings. The Morgan fingerprint density at radius 3 is 2.54 bits per heavy atom. The van der Waals surface area contributed by atoms with Gasteiger partial charge in [0.25, 0.3) is 5.91 Å². The first-order chi connectivity index (χ1) is 12.6. The van der Waals surface area contributed by atoms with Crippen LogP contribution in [-0.4, -0.2) is 20.7 Å². The number of nitrogens with zero attached hydrogens (tertiary/aromatic N) is 3. The zero-order valence-electron chi connectivity index (χ0n) is 15.4. The van der Waals surface area contributed by atoms with Crippen LogP contribution in [-0.2, 0) is 6.54 Å². The molecule has 134 valence electrons. The van der Waals surface area contributed by atoms with Crippen molar-refractivity contribution < 1.29 is 4.79 Å². The van der Waals surface area contributed by atoms with Gasteiger partial charge in [-0.2, -0.15) is 5.10 Å². The second kappa shape index (κ2) is 7.95. The van der Waals surface area contributed by atoms with E-state index < -0.39 is 0 Å². The largest absolute Gasteiger partial charge is 0.341 e. The van der Waals surface area contributed by atoms with Crippen LogP contribution in [0.3, 0.4) is 0 Å². The number of carbonyl (C=O) groups is 1. The number of aromatic nitrogens is 3. The van der Waals surface area contributed by atoms with Crippen molar-refractivity contribution in [3.05, 3.63) is 82.9 Å². The van der Waals surface area contributed by atoms with E-state index in [2.05, 4.69) is 34.5 Å². The Balaban J connectivity index is 1.91. The summed E-state index contributed by atoms with van der Waals surface area (Å²) in [5.41, 5.74) is 4.65. The van der Waals surface area contributed by atoms with Gasteiger partial charge in [0.1, 0.15) is 0 Å². The molecule has 0 spiro atoms. The number of hydrogen-bond donors (Lipinski definition) is 1. The maximum Gasteiger partial charge on any atom is 0.255 e. The van der Waals surface area contributed by atoms with E-state index >= 15 is 0 Å². The number of carbonyl (C=O) groups excluding carboxylic acids is 1. The first-order valence-electron chi connectivity index (χ1n) is 8.90. The predicted molar refractivity (Wildman–Crippen MR) is 102 cm³/mol. The summed E-state index contributed by atoms with van der Waals surface area (Å²) in [5, 5.41) is 7.48. The lowest BCUT2D eigenvalue weighted by molar-refractivity contribution is 0.0942. The first kappa shape index (κ1) is 17.9. The van der Waals surface area contributed by atoms with Gasteiger partial charge in [-0.05, 0) is 37.5 Å². The molecule has 0 aliphatic rings. The number of amides is 1. The van der Waals surface area contributed by atoms with Crippen molar-refractivity contribution in [3.63, 3.8) is 0 Å². The Bertz CT molecular complexity index is 869. The molecular formula is C21H24N4O.